The monoisotopic (exact) mass is 327 g/mol. The molecule has 2 heterocycles. The predicted octanol–water partition coefficient (Wildman–Crippen LogP) is 2.53. The summed E-state index contributed by atoms with van der Waals surface area (Å²) in [6.07, 6.45) is 2.52. The van der Waals surface area contributed by atoms with Gasteiger partial charge in [0.25, 0.3) is 0 Å². The highest BCUT2D eigenvalue weighted by Gasteiger charge is 2.41. The molecule has 0 saturated carbocycles. The Morgan fingerprint density at radius 2 is 1.96 bits per heavy atom. The Bertz CT molecular complexity index is 947. The van der Waals surface area contributed by atoms with Crippen molar-refractivity contribution >= 4 is 29.9 Å². The molecule has 0 atom stereocenters. The summed E-state index contributed by atoms with van der Waals surface area (Å²) in [5, 5.41) is 12.1. The molecule has 24 heavy (non-hydrogen) atoms. The maximum Gasteiger partial charge on any atom is 0.318 e. The van der Waals surface area contributed by atoms with E-state index in [0.29, 0.717) is 10.9 Å². The molecule has 1 N–H and O–H groups in total. The van der Waals surface area contributed by atoms with Gasteiger partial charge in [-0.1, -0.05) is 28.8 Å². The number of benzene rings is 1. The Morgan fingerprint density at radius 1 is 1.17 bits per heavy atom. The van der Waals surface area contributed by atoms with Crippen molar-refractivity contribution < 1.29 is 18.4 Å². The van der Waals surface area contributed by atoms with Crippen LogP contribution in [0.15, 0.2) is 53.9 Å². The van der Waals surface area contributed by atoms with Crippen LogP contribution in [0.2, 0.25) is 0 Å². The van der Waals surface area contributed by atoms with Crippen LogP contribution >= 0.6 is 0 Å². The molecular weight excluding hydrogens is 318 g/mol. The van der Waals surface area contributed by atoms with Crippen molar-refractivity contribution in [3.05, 3.63) is 65.9 Å². The van der Waals surface area contributed by atoms with Gasteiger partial charge in [0, 0.05) is 23.3 Å². The summed E-state index contributed by atoms with van der Waals surface area (Å²) in [4.78, 5) is 7.32. The second-order valence-corrected chi connectivity index (χ2v) is 5.04. The number of nitrogens with zero attached hydrogens (tertiary/aromatic N) is 3. The van der Waals surface area contributed by atoms with E-state index in [1.54, 1.807) is 12.1 Å². The molecule has 1 aromatic carbocycles. The highest BCUT2D eigenvalue weighted by molar-refractivity contribution is 6.32. The highest BCUT2D eigenvalue weighted by Crippen LogP contribution is 2.34. The lowest BCUT2D eigenvalue weighted by molar-refractivity contribution is 0.0722. The van der Waals surface area contributed by atoms with Gasteiger partial charge >= 0.3 is 5.92 Å². The summed E-state index contributed by atoms with van der Waals surface area (Å²) in [6, 6.07) is 7.89. The summed E-state index contributed by atoms with van der Waals surface area (Å²) >= 11 is 0. The van der Waals surface area contributed by atoms with E-state index in [0.717, 1.165) is 18.3 Å². The van der Waals surface area contributed by atoms with Gasteiger partial charge in [-0.05, 0) is 18.2 Å². The fraction of sp³-hybridized carbons (Fsp3) is 0.0625. The molecule has 0 amide bonds. The van der Waals surface area contributed by atoms with Gasteiger partial charge in [-0.15, -0.1) is 0 Å². The number of hydrogen-bond acceptors (Lipinski definition) is 4. The first-order valence-corrected chi connectivity index (χ1v) is 6.80. The predicted molar refractivity (Wildman–Crippen MR) is 83.5 cm³/mol. The molecular formula is C16H9BF3N3O. The molecule has 0 aliphatic rings. The summed E-state index contributed by atoms with van der Waals surface area (Å²) in [5.74, 6) is -4.98. The topological polar surface area (TPSA) is 58.4 Å². The summed E-state index contributed by atoms with van der Waals surface area (Å²) in [7, 11) is 5.46. The van der Waals surface area contributed by atoms with Gasteiger partial charge in [0.2, 0.25) is 5.95 Å². The van der Waals surface area contributed by atoms with Crippen LogP contribution < -0.4 is 5.46 Å². The number of pyridine rings is 2. The van der Waals surface area contributed by atoms with Crippen LogP contribution in [0, 0.1) is 5.95 Å². The lowest BCUT2D eigenvalue weighted by Crippen LogP contribution is -2.29. The minimum atomic E-state index is -3.77. The van der Waals surface area contributed by atoms with Gasteiger partial charge in [0.15, 0.2) is 5.71 Å². The van der Waals surface area contributed by atoms with Crippen LogP contribution in [0.25, 0.3) is 10.9 Å². The largest absolute Gasteiger partial charge is 0.410 e. The molecule has 0 spiro atoms. The van der Waals surface area contributed by atoms with Crippen LogP contribution in [0.4, 0.5) is 13.2 Å². The van der Waals surface area contributed by atoms with Crippen LogP contribution in [0.5, 0.6) is 0 Å². The average Bonchev–Trinajstić information content (AvgIpc) is 2.58. The Hall–Kier alpha value is -2.90. The van der Waals surface area contributed by atoms with Crippen LogP contribution in [-0.2, 0) is 5.92 Å². The van der Waals surface area contributed by atoms with Gasteiger partial charge in [-0.25, -0.2) is 4.98 Å². The summed E-state index contributed by atoms with van der Waals surface area (Å²) in [5.41, 5.74) is -1.84. The van der Waals surface area contributed by atoms with Crippen LogP contribution in [0.1, 0.15) is 11.1 Å². The number of halogens is 3. The van der Waals surface area contributed by atoms with Crippen molar-refractivity contribution in [3.63, 3.8) is 0 Å². The Kier molecular flexibility index (Phi) is 3.96. The molecule has 0 unspecified atom stereocenters. The Labute approximate surface area is 136 Å². The maximum absolute atomic E-state index is 14.8. The van der Waals surface area contributed by atoms with E-state index in [4.69, 9.17) is 13.1 Å². The van der Waals surface area contributed by atoms with Gasteiger partial charge in [0.1, 0.15) is 7.85 Å². The lowest BCUT2D eigenvalue weighted by atomic mass is 9.92. The number of rotatable bonds is 3. The van der Waals surface area contributed by atoms with Crippen molar-refractivity contribution in [2.75, 3.05) is 0 Å². The SMILES string of the molecule is [B]c1cnc(F)c(/C(=N/O)C(F)(F)c2ccc3ncccc3c2)c1. The fourth-order valence-corrected chi connectivity index (χ4v) is 2.32. The first-order chi connectivity index (χ1) is 11.4. The van der Waals surface area contributed by atoms with E-state index in [9.17, 15) is 13.2 Å². The van der Waals surface area contributed by atoms with Gasteiger partial charge in [-0.2, -0.15) is 13.2 Å². The smallest absolute Gasteiger partial charge is 0.318 e. The maximum atomic E-state index is 14.8. The summed E-state index contributed by atoms with van der Waals surface area (Å²) in [6.45, 7) is 0. The molecule has 118 valence electrons. The van der Waals surface area contributed by atoms with Gasteiger partial charge < -0.3 is 5.21 Å². The van der Waals surface area contributed by atoms with Crippen LogP contribution in [0.3, 0.4) is 0 Å². The summed E-state index contributed by atoms with van der Waals surface area (Å²) < 4.78 is 43.4. The van der Waals surface area contributed by atoms with Crippen LogP contribution in [-0.4, -0.2) is 28.7 Å². The van der Waals surface area contributed by atoms with E-state index in [-0.39, 0.29) is 5.46 Å². The second-order valence-electron chi connectivity index (χ2n) is 5.04. The van der Waals surface area contributed by atoms with E-state index >= 15 is 0 Å². The minimum Gasteiger partial charge on any atom is -0.410 e. The third-order valence-electron chi connectivity index (χ3n) is 3.48. The first-order valence-electron chi connectivity index (χ1n) is 6.80. The zero-order valence-corrected chi connectivity index (χ0v) is 12.1. The molecule has 2 radical (unpaired) electrons. The second kappa shape index (κ2) is 5.95. The molecule has 0 aliphatic heterocycles. The van der Waals surface area contributed by atoms with Gasteiger partial charge in [0.05, 0.1) is 11.1 Å². The zero-order chi connectivity index (χ0) is 17.3. The third kappa shape index (κ3) is 2.71. The molecule has 0 saturated heterocycles. The molecule has 8 heteroatoms. The molecule has 3 aromatic rings. The zero-order valence-electron chi connectivity index (χ0n) is 12.1. The number of fused-ring (bicyclic) bond motifs is 1. The van der Waals surface area contributed by atoms with Gasteiger partial charge in [-0.3, -0.25) is 4.98 Å². The van der Waals surface area contributed by atoms with E-state index in [1.165, 1.54) is 18.3 Å². The molecule has 2 aromatic heterocycles. The molecule has 0 aliphatic carbocycles. The van der Waals surface area contributed by atoms with Crippen molar-refractivity contribution in [3.8, 4) is 0 Å². The number of aromatic nitrogens is 2. The molecule has 3 rings (SSSR count). The normalized spacial score (nSPS) is 12.5. The lowest BCUT2D eigenvalue weighted by Gasteiger charge is -2.19. The number of hydrogen-bond donors (Lipinski definition) is 1. The van der Waals surface area contributed by atoms with Crippen molar-refractivity contribution in [1.82, 2.24) is 9.97 Å². The molecule has 4 nitrogen and oxygen atoms in total. The quantitative estimate of drug-likeness (QED) is 0.264. The van der Waals surface area contributed by atoms with Crippen molar-refractivity contribution in [2.24, 2.45) is 5.16 Å². The van der Waals surface area contributed by atoms with Crippen molar-refractivity contribution in [2.45, 2.75) is 5.92 Å². The first kappa shape index (κ1) is 16.0. The number of alkyl halides is 2. The third-order valence-corrected chi connectivity index (χ3v) is 3.48. The number of oxime groups is 1. The van der Waals surface area contributed by atoms with E-state index < -0.39 is 28.7 Å². The standard InChI is InChI=1S/C16H9BF3N3O/c17-11-7-12(15(18)22-8-11)14(23-24)16(19,20)10-3-4-13-9(6-10)2-1-5-21-13/h1-8,24H/b23-14-. The fourth-order valence-electron chi connectivity index (χ4n) is 2.32. The molecule has 0 fully saturated rings. The van der Waals surface area contributed by atoms with E-state index in [1.807, 2.05) is 0 Å². The molecule has 0 bridgehead atoms. The minimum absolute atomic E-state index is 0.0361. The van der Waals surface area contributed by atoms with Crippen molar-refractivity contribution in [1.29, 1.82) is 0 Å². The average molecular weight is 327 g/mol. The Morgan fingerprint density at radius 3 is 2.71 bits per heavy atom. The Balaban J connectivity index is 2.14. The van der Waals surface area contributed by atoms with E-state index in [2.05, 4.69) is 15.1 Å². The highest BCUT2D eigenvalue weighted by atomic mass is 19.3.